The van der Waals surface area contributed by atoms with Gasteiger partial charge in [-0.05, 0) is 0 Å². The maximum absolute atomic E-state index is 9.28. The molecule has 1 saturated heterocycles. The Morgan fingerprint density at radius 1 is 1.15 bits per heavy atom. The normalized spacial score (nSPS) is 46.4. The summed E-state index contributed by atoms with van der Waals surface area (Å²) >= 11 is 0. The lowest BCUT2D eigenvalue weighted by molar-refractivity contribution is -0.294. The van der Waals surface area contributed by atoms with Crippen LogP contribution in [0.1, 0.15) is 0 Å². The van der Waals surface area contributed by atoms with Crippen LogP contribution in [-0.4, -0.2) is 64.8 Å². The highest BCUT2D eigenvalue weighted by Crippen LogP contribution is 2.20. The second kappa shape index (κ2) is 4.32. The Bertz CT molecular complexity index is 143. The van der Waals surface area contributed by atoms with Crippen molar-refractivity contribution in [2.75, 3.05) is 13.7 Å². The molecular formula is C7H14O6. The van der Waals surface area contributed by atoms with E-state index < -0.39 is 37.3 Å². The summed E-state index contributed by atoms with van der Waals surface area (Å²) in [7, 11) is 1.30. The van der Waals surface area contributed by atoms with Crippen LogP contribution in [0, 0.1) is 0 Å². The van der Waals surface area contributed by atoms with E-state index in [1.54, 1.807) is 0 Å². The first kappa shape index (κ1) is 10.8. The van der Waals surface area contributed by atoms with Crippen molar-refractivity contribution >= 4 is 0 Å². The van der Waals surface area contributed by atoms with E-state index in [9.17, 15) is 15.3 Å². The lowest BCUT2D eigenvalue weighted by atomic mass is 9.99. The summed E-state index contributed by atoms with van der Waals surface area (Å²) in [4.78, 5) is 0. The van der Waals surface area contributed by atoms with Crippen molar-refractivity contribution in [3.8, 4) is 0 Å². The summed E-state index contributed by atoms with van der Waals surface area (Å²) in [6.45, 7) is -0.440. The van der Waals surface area contributed by atoms with Crippen LogP contribution in [-0.2, 0) is 9.47 Å². The van der Waals surface area contributed by atoms with Crippen molar-refractivity contribution in [3.05, 3.63) is 0 Å². The molecule has 0 radical (unpaired) electrons. The molecule has 0 amide bonds. The molecule has 0 aromatic carbocycles. The molecule has 1 fully saturated rings. The van der Waals surface area contributed by atoms with Gasteiger partial charge in [-0.2, -0.15) is 0 Å². The molecule has 13 heavy (non-hydrogen) atoms. The molecule has 6 nitrogen and oxygen atoms in total. The van der Waals surface area contributed by atoms with Crippen molar-refractivity contribution < 1.29 is 29.9 Å². The molecule has 5 atom stereocenters. The van der Waals surface area contributed by atoms with Crippen molar-refractivity contribution in [3.63, 3.8) is 0 Å². The molecule has 6 heteroatoms. The Morgan fingerprint density at radius 2 is 1.77 bits per heavy atom. The van der Waals surface area contributed by atoms with Gasteiger partial charge in [0.1, 0.15) is 24.4 Å². The number of rotatable bonds is 2. The monoisotopic (exact) mass is 194 g/mol. The van der Waals surface area contributed by atoms with E-state index in [1.807, 2.05) is 0 Å². The van der Waals surface area contributed by atoms with Crippen LogP contribution in [0.25, 0.3) is 0 Å². The number of hydrogen-bond donors (Lipinski definition) is 4. The molecule has 2 unspecified atom stereocenters. The Hall–Kier alpha value is -0.240. The van der Waals surface area contributed by atoms with Crippen molar-refractivity contribution in [2.45, 2.75) is 30.7 Å². The van der Waals surface area contributed by atoms with Gasteiger partial charge >= 0.3 is 0 Å². The van der Waals surface area contributed by atoms with Crippen LogP contribution >= 0.6 is 0 Å². The number of aliphatic hydroxyl groups excluding tert-OH is 4. The fraction of sp³-hybridized carbons (Fsp3) is 1.00. The second-order valence-corrected chi connectivity index (χ2v) is 2.93. The van der Waals surface area contributed by atoms with Crippen molar-refractivity contribution in [1.82, 2.24) is 0 Å². The summed E-state index contributed by atoms with van der Waals surface area (Å²) in [6, 6.07) is 0. The average Bonchev–Trinajstić information content (AvgIpc) is 2.15. The minimum absolute atomic E-state index is 0.440. The van der Waals surface area contributed by atoms with Gasteiger partial charge in [-0.1, -0.05) is 0 Å². The largest absolute Gasteiger partial charge is 0.394 e. The zero-order valence-corrected chi connectivity index (χ0v) is 7.20. The number of hydrogen-bond acceptors (Lipinski definition) is 6. The predicted molar refractivity (Wildman–Crippen MR) is 40.8 cm³/mol. The topological polar surface area (TPSA) is 99.4 Å². The summed E-state index contributed by atoms with van der Waals surface area (Å²) in [5.41, 5.74) is 0. The van der Waals surface area contributed by atoms with E-state index in [4.69, 9.17) is 14.6 Å². The summed E-state index contributed by atoms with van der Waals surface area (Å²) < 4.78 is 9.65. The maximum Gasteiger partial charge on any atom is 0.186 e. The average molecular weight is 194 g/mol. The van der Waals surface area contributed by atoms with E-state index in [-0.39, 0.29) is 0 Å². The van der Waals surface area contributed by atoms with Gasteiger partial charge in [0, 0.05) is 7.11 Å². The zero-order chi connectivity index (χ0) is 10.0. The summed E-state index contributed by atoms with van der Waals surface area (Å²) in [5, 5.41) is 36.6. The molecule has 0 aliphatic carbocycles. The Kier molecular flexibility index (Phi) is 3.60. The lowest BCUT2D eigenvalue weighted by Gasteiger charge is -2.38. The molecule has 4 N–H and O–H groups in total. The Morgan fingerprint density at radius 3 is 2.23 bits per heavy atom. The lowest BCUT2D eigenvalue weighted by Crippen LogP contribution is -2.58. The molecule has 1 heterocycles. The van der Waals surface area contributed by atoms with E-state index in [1.165, 1.54) is 7.11 Å². The minimum Gasteiger partial charge on any atom is -0.394 e. The molecule has 1 aliphatic heterocycles. The van der Waals surface area contributed by atoms with E-state index in [0.29, 0.717) is 0 Å². The fourth-order valence-corrected chi connectivity index (χ4v) is 1.26. The third-order valence-electron chi connectivity index (χ3n) is 2.08. The smallest absolute Gasteiger partial charge is 0.186 e. The third-order valence-corrected chi connectivity index (χ3v) is 2.08. The molecule has 0 aromatic heterocycles. The van der Waals surface area contributed by atoms with Crippen LogP contribution in [0.2, 0.25) is 0 Å². The Balaban J connectivity index is 2.66. The quantitative estimate of drug-likeness (QED) is 0.386. The van der Waals surface area contributed by atoms with Crippen molar-refractivity contribution in [1.29, 1.82) is 0 Å². The van der Waals surface area contributed by atoms with Crippen LogP contribution in [0.4, 0.5) is 0 Å². The molecule has 0 saturated carbocycles. The van der Waals surface area contributed by atoms with Gasteiger partial charge < -0.3 is 29.9 Å². The number of aliphatic hydroxyl groups is 4. The standard InChI is InChI=1S/C7H14O6/c1-12-7-6(11)5(10)4(9)3(2-8)13-7/h3-11H,2H2,1H3/t3?,4-,5+,6-,7?/m0/s1. The molecule has 1 rings (SSSR count). The van der Waals surface area contributed by atoms with Crippen molar-refractivity contribution in [2.24, 2.45) is 0 Å². The predicted octanol–water partition coefficient (Wildman–Crippen LogP) is -2.57. The van der Waals surface area contributed by atoms with Gasteiger partial charge in [0.25, 0.3) is 0 Å². The summed E-state index contributed by atoms with van der Waals surface area (Å²) in [5.74, 6) is 0. The second-order valence-electron chi connectivity index (χ2n) is 2.93. The molecular weight excluding hydrogens is 180 g/mol. The van der Waals surface area contributed by atoms with Crippen LogP contribution < -0.4 is 0 Å². The third kappa shape index (κ3) is 1.98. The van der Waals surface area contributed by atoms with Gasteiger partial charge in [-0.3, -0.25) is 0 Å². The van der Waals surface area contributed by atoms with E-state index >= 15 is 0 Å². The highest BCUT2D eigenvalue weighted by Gasteiger charge is 2.43. The van der Waals surface area contributed by atoms with Gasteiger partial charge in [0.05, 0.1) is 6.61 Å². The number of ether oxygens (including phenoxy) is 2. The highest BCUT2D eigenvalue weighted by molar-refractivity contribution is 4.88. The van der Waals surface area contributed by atoms with Crippen LogP contribution in [0.5, 0.6) is 0 Å². The van der Waals surface area contributed by atoms with E-state index in [0.717, 1.165) is 0 Å². The SMILES string of the molecule is COC1OC(CO)[C@H](O)[C@@H](O)[C@@H]1O. The summed E-state index contributed by atoms with van der Waals surface area (Å²) in [6.07, 6.45) is -5.91. The molecule has 1 aliphatic rings. The molecule has 0 aromatic rings. The van der Waals surface area contributed by atoms with Gasteiger partial charge in [0.2, 0.25) is 0 Å². The molecule has 0 spiro atoms. The van der Waals surface area contributed by atoms with E-state index in [2.05, 4.69) is 0 Å². The van der Waals surface area contributed by atoms with Crippen LogP contribution in [0.3, 0.4) is 0 Å². The fourth-order valence-electron chi connectivity index (χ4n) is 1.26. The Labute approximate surface area is 75.3 Å². The first-order valence-corrected chi connectivity index (χ1v) is 3.95. The molecule has 0 bridgehead atoms. The highest BCUT2D eigenvalue weighted by atomic mass is 16.7. The molecule has 78 valence electrons. The maximum atomic E-state index is 9.28. The first-order valence-electron chi connectivity index (χ1n) is 3.95. The zero-order valence-electron chi connectivity index (χ0n) is 7.20. The van der Waals surface area contributed by atoms with Gasteiger partial charge in [-0.25, -0.2) is 0 Å². The van der Waals surface area contributed by atoms with Gasteiger partial charge in [-0.15, -0.1) is 0 Å². The number of methoxy groups -OCH3 is 1. The van der Waals surface area contributed by atoms with Gasteiger partial charge in [0.15, 0.2) is 6.29 Å². The van der Waals surface area contributed by atoms with Crippen LogP contribution in [0.15, 0.2) is 0 Å². The first-order chi connectivity index (χ1) is 6.11. The minimum atomic E-state index is -1.36.